The van der Waals surface area contributed by atoms with Crippen molar-refractivity contribution in [2.24, 2.45) is 0 Å². The van der Waals surface area contributed by atoms with Gasteiger partial charge in [-0.1, -0.05) is 24.3 Å². The molecule has 2 atom stereocenters. The first-order chi connectivity index (χ1) is 13.1. The molecule has 0 radical (unpaired) electrons. The summed E-state index contributed by atoms with van der Waals surface area (Å²) in [7, 11) is 0. The number of hydrogen-bond donors (Lipinski definition) is 2. The Hall–Kier alpha value is -2.47. The summed E-state index contributed by atoms with van der Waals surface area (Å²) in [6.07, 6.45) is 2.29. The fourth-order valence-electron chi connectivity index (χ4n) is 4.07. The van der Waals surface area contributed by atoms with Gasteiger partial charge < -0.3 is 15.5 Å². The Morgan fingerprint density at radius 1 is 1.15 bits per heavy atom. The maximum Gasteiger partial charge on any atom is 0.242 e. The van der Waals surface area contributed by atoms with Gasteiger partial charge in [0.05, 0.1) is 0 Å². The summed E-state index contributed by atoms with van der Waals surface area (Å²) in [6, 6.07) is 12.1. The van der Waals surface area contributed by atoms with Crippen molar-refractivity contribution >= 4 is 11.6 Å². The fourth-order valence-corrected chi connectivity index (χ4v) is 4.07. The molecule has 2 aromatic carbocycles. The molecule has 1 saturated heterocycles. The number of amides is 1. The highest BCUT2D eigenvalue weighted by atomic mass is 19.2. The van der Waals surface area contributed by atoms with Crippen molar-refractivity contribution in [2.75, 3.05) is 24.5 Å². The topological polar surface area (TPSA) is 44.4 Å². The third-order valence-electron chi connectivity index (χ3n) is 5.42. The van der Waals surface area contributed by atoms with Gasteiger partial charge in [-0.25, -0.2) is 8.78 Å². The number of halogens is 2. The van der Waals surface area contributed by atoms with Gasteiger partial charge in [-0.05, 0) is 48.6 Å². The van der Waals surface area contributed by atoms with Crippen molar-refractivity contribution in [3.05, 3.63) is 65.2 Å². The van der Waals surface area contributed by atoms with Crippen molar-refractivity contribution < 1.29 is 13.6 Å². The Morgan fingerprint density at radius 3 is 2.78 bits per heavy atom. The third kappa shape index (κ3) is 3.67. The number of nitrogens with zero attached hydrogens (tertiary/aromatic N) is 1. The van der Waals surface area contributed by atoms with Crippen LogP contribution in [-0.4, -0.2) is 31.6 Å². The largest absolute Gasteiger partial charge is 0.369 e. The van der Waals surface area contributed by atoms with E-state index in [9.17, 15) is 13.6 Å². The summed E-state index contributed by atoms with van der Waals surface area (Å²) in [5.41, 5.74) is 1.99. The highest BCUT2D eigenvalue weighted by molar-refractivity contribution is 5.84. The minimum atomic E-state index is -0.861. The molecule has 1 fully saturated rings. The Balaban J connectivity index is 1.46. The molecule has 6 heteroatoms. The Bertz CT molecular complexity index is 828. The van der Waals surface area contributed by atoms with Crippen molar-refractivity contribution in [3.63, 3.8) is 0 Å². The number of rotatable bonds is 3. The van der Waals surface area contributed by atoms with Crippen molar-refractivity contribution in [3.8, 4) is 0 Å². The molecule has 2 aromatic rings. The van der Waals surface area contributed by atoms with Gasteiger partial charge in [-0.2, -0.15) is 0 Å². The molecule has 4 nitrogen and oxygen atoms in total. The maximum absolute atomic E-state index is 14.1. The van der Waals surface area contributed by atoms with E-state index in [-0.39, 0.29) is 11.9 Å². The SMILES string of the molecule is O=C(NC1CCCN(c2ccccc2)C1)C1NCCc2c1ccc(F)c2F. The van der Waals surface area contributed by atoms with Crippen LogP contribution in [-0.2, 0) is 11.2 Å². The van der Waals surface area contributed by atoms with Crippen molar-refractivity contribution in [2.45, 2.75) is 31.3 Å². The molecule has 2 aliphatic heterocycles. The summed E-state index contributed by atoms with van der Waals surface area (Å²) < 4.78 is 27.6. The molecule has 0 saturated carbocycles. The molecular weight excluding hydrogens is 348 g/mol. The number of para-hydroxylation sites is 1. The summed E-state index contributed by atoms with van der Waals surface area (Å²) >= 11 is 0. The molecule has 27 heavy (non-hydrogen) atoms. The van der Waals surface area contributed by atoms with Gasteiger partial charge >= 0.3 is 0 Å². The Kier molecular flexibility index (Phi) is 5.07. The average Bonchev–Trinajstić information content (AvgIpc) is 2.71. The van der Waals surface area contributed by atoms with Crippen LogP contribution >= 0.6 is 0 Å². The zero-order valence-corrected chi connectivity index (χ0v) is 15.1. The van der Waals surface area contributed by atoms with E-state index in [1.165, 1.54) is 6.07 Å². The van der Waals surface area contributed by atoms with E-state index in [0.29, 0.717) is 24.1 Å². The maximum atomic E-state index is 14.1. The molecule has 0 spiro atoms. The second-order valence-corrected chi connectivity index (χ2v) is 7.20. The zero-order valence-electron chi connectivity index (χ0n) is 15.1. The Morgan fingerprint density at radius 2 is 1.96 bits per heavy atom. The normalized spacial score (nSPS) is 22.2. The van der Waals surface area contributed by atoms with Crippen molar-refractivity contribution in [1.82, 2.24) is 10.6 Å². The molecule has 2 unspecified atom stereocenters. The number of carbonyl (C=O) groups excluding carboxylic acids is 1. The van der Waals surface area contributed by atoms with Crippen LogP contribution in [0.15, 0.2) is 42.5 Å². The lowest BCUT2D eigenvalue weighted by Crippen LogP contribution is -2.51. The van der Waals surface area contributed by atoms with E-state index in [4.69, 9.17) is 0 Å². The van der Waals surface area contributed by atoms with Crippen LogP contribution in [0, 0.1) is 11.6 Å². The third-order valence-corrected chi connectivity index (χ3v) is 5.42. The molecule has 2 aliphatic rings. The van der Waals surface area contributed by atoms with E-state index in [1.54, 1.807) is 0 Å². The quantitative estimate of drug-likeness (QED) is 0.872. The molecule has 142 valence electrons. The lowest BCUT2D eigenvalue weighted by atomic mass is 9.92. The summed E-state index contributed by atoms with van der Waals surface area (Å²) in [4.78, 5) is 15.1. The predicted octanol–water partition coefficient (Wildman–Crippen LogP) is 2.94. The first-order valence-corrected chi connectivity index (χ1v) is 9.44. The van der Waals surface area contributed by atoms with Crippen LogP contribution in [0.2, 0.25) is 0 Å². The van der Waals surface area contributed by atoms with E-state index >= 15 is 0 Å². The van der Waals surface area contributed by atoms with Gasteiger partial charge in [-0.3, -0.25) is 4.79 Å². The minimum Gasteiger partial charge on any atom is -0.369 e. The number of hydrogen-bond acceptors (Lipinski definition) is 3. The molecule has 1 amide bonds. The standard InChI is InChI=1S/C21H23F2N3O/c22-18-9-8-17-16(19(18)23)10-11-24-20(17)21(27)25-14-5-4-12-26(13-14)15-6-2-1-3-7-15/h1-3,6-9,14,20,24H,4-5,10-13H2,(H,25,27). The van der Waals surface area contributed by atoms with Crippen LogP contribution in [0.25, 0.3) is 0 Å². The van der Waals surface area contributed by atoms with Crippen LogP contribution in [0.3, 0.4) is 0 Å². The summed E-state index contributed by atoms with van der Waals surface area (Å²) in [5, 5.41) is 6.24. The first-order valence-electron chi connectivity index (χ1n) is 9.44. The molecule has 4 rings (SSSR count). The van der Waals surface area contributed by atoms with E-state index in [2.05, 4.69) is 27.7 Å². The lowest BCUT2D eigenvalue weighted by molar-refractivity contribution is -0.124. The van der Waals surface area contributed by atoms with Gasteiger partial charge in [0.25, 0.3) is 0 Å². The second kappa shape index (κ2) is 7.64. The summed E-state index contributed by atoms with van der Waals surface area (Å²) in [5.74, 6) is -1.87. The lowest BCUT2D eigenvalue weighted by Gasteiger charge is -2.36. The summed E-state index contributed by atoms with van der Waals surface area (Å²) in [6.45, 7) is 2.16. The number of benzene rings is 2. The first kappa shape index (κ1) is 17.9. The highest BCUT2D eigenvalue weighted by Crippen LogP contribution is 2.27. The molecular formula is C21H23F2N3O. The predicted molar refractivity (Wildman–Crippen MR) is 101 cm³/mol. The molecule has 0 bridgehead atoms. The van der Waals surface area contributed by atoms with Crippen LogP contribution in [0.1, 0.15) is 30.0 Å². The van der Waals surface area contributed by atoms with E-state index in [0.717, 1.165) is 37.7 Å². The number of carbonyl (C=O) groups is 1. The molecule has 2 N–H and O–H groups in total. The molecule has 2 heterocycles. The van der Waals surface area contributed by atoms with Gasteiger partial charge in [0.1, 0.15) is 6.04 Å². The van der Waals surface area contributed by atoms with Gasteiger partial charge in [0, 0.05) is 31.4 Å². The average molecular weight is 371 g/mol. The monoisotopic (exact) mass is 371 g/mol. The number of piperidine rings is 1. The van der Waals surface area contributed by atoms with Crippen LogP contribution in [0.5, 0.6) is 0 Å². The van der Waals surface area contributed by atoms with Gasteiger partial charge in [0.15, 0.2) is 11.6 Å². The van der Waals surface area contributed by atoms with E-state index in [1.807, 2.05) is 18.2 Å². The number of fused-ring (bicyclic) bond motifs is 1. The smallest absolute Gasteiger partial charge is 0.242 e. The fraction of sp³-hybridized carbons (Fsp3) is 0.381. The number of anilines is 1. The van der Waals surface area contributed by atoms with Gasteiger partial charge in [0.2, 0.25) is 5.91 Å². The second-order valence-electron chi connectivity index (χ2n) is 7.20. The molecule has 0 aliphatic carbocycles. The van der Waals surface area contributed by atoms with Gasteiger partial charge in [-0.15, -0.1) is 0 Å². The zero-order chi connectivity index (χ0) is 18.8. The van der Waals surface area contributed by atoms with Crippen LogP contribution < -0.4 is 15.5 Å². The molecule has 0 aromatic heterocycles. The van der Waals surface area contributed by atoms with Crippen LogP contribution in [0.4, 0.5) is 14.5 Å². The van der Waals surface area contributed by atoms with E-state index < -0.39 is 17.7 Å². The Labute approximate surface area is 157 Å². The minimum absolute atomic E-state index is 0.0314. The number of nitrogens with one attached hydrogen (secondary N) is 2. The highest BCUT2D eigenvalue weighted by Gasteiger charge is 2.31. The van der Waals surface area contributed by atoms with Crippen molar-refractivity contribution in [1.29, 1.82) is 0 Å².